The normalized spacial score (nSPS) is 11.0. The monoisotopic (exact) mass is 554 g/mol. The third kappa shape index (κ3) is 8.01. The number of hydrogen-bond donors (Lipinski definition) is 2. The van der Waals surface area contributed by atoms with Crippen molar-refractivity contribution in [2.24, 2.45) is 5.14 Å². The van der Waals surface area contributed by atoms with Gasteiger partial charge in [-0.15, -0.1) is 12.4 Å². The van der Waals surface area contributed by atoms with Gasteiger partial charge in [0.25, 0.3) is 0 Å². The smallest absolute Gasteiger partial charge is 0.238 e. The van der Waals surface area contributed by atoms with Crippen molar-refractivity contribution in [2.45, 2.75) is 31.4 Å². The number of nitrogens with one attached hydrogen (secondary N) is 1. The van der Waals surface area contributed by atoms with Crippen LogP contribution in [0.2, 0.25) is 0 Å². The fourth-order valence-corrected chi connectivity index (χ4v) is 4.29. The van der Waals surface area contributed by atoms with Crippen LogP contribution in [0.4, 0.5) is 0 Å². The Bertz CT molecular complexity index is 1150. The maximum Gasteiger partial charge on any atom is 0.238 e. The molecule has 0 saturated carbocycles. The zero-order chi connectivity index (χ0) is 23.1. The number of primary sulfonamides is 1. The van der Waals surface area contributed by atoms with E-state index in [4.69, 9.17) is 14.6 Å². The quantitative estimate of drug-likeness (QED) is 0.353. The highest BCUT2D eigenvalue weighted by molar-refractivity contribution is 9.10. The molecular weight excluding hydrogens is 528 g/mol. The van der Waals surface area contributed by atoms with Gasteiger partial charge >= 0.3 is 0 Å². The average molecular weight is 556 g/mol. The van der Waals surface area contributed by atoms with Crippen molar-refractivity contribution in [3.05, 3.63) is 87.4 Å². The number of benzene rings is 3. The second-order valence-corrected chi connectivity index (χ2v) is 9.91. The predicted octanol–water partition coefficient (Wildman–Crippen LogP) is 4.75. The molecule has 9 heteroatoms. The van der Waals surface area contributed by atoms with Crippen LogP contribution in [0.15, 0.2) is 70.0 Å². The van der Waals surface area contributed by atoms with Crippen molar-refractivity contribution >= 4 is 38.4 Å². The lowest BCUT2D eigenvalue weighted by atomic mass is 10.1. The molecule has 0 unspecified atom stereocenters. The largest absolute Gasteiger partial charge is 0.493 e. The van der Waals surface area contributed by atoms with Crippen LogP contribution < -0.4 is 19.9 Å². The van der Waals surface area contributed by atoms with E-state index in [9.17, 15) is 8.42 Å². The van der Waals surface area contributed by atoms with Gasteiger partial charge in [-0.05, 0) is 76.8 Å². The predicted molar refractivity (Wildman–Crippen MR) is 137 cm³/mol. The first kappa shape index (κ1) is 27.1. The highest BCUT2D eigenvalue weighted by Gasteiger charge is 2.12. The van der Waals surface area contributed by atoms with Gasteiger partial charge in [0.05, 0.1) is 16.5 Å². The third-order valence-electron chi connectivity index (χ3n) is 4.96. The summed E-state index contributed by atoms with van der Waals surface area (Å²) in [4.78, 5) is 0.121. The average Bonchev–Trinajstić information content (AvgIpc) is 2.76. The molecule has 0 aliphatic carbocycles. The first-order chi connectivity index (χ1) is 15.3. The Morgan fingerprint density at radius 2 is 1.61 bits per heavy atom. The summed E-state index contributed by atoms with van der Waals surface area (Å²) in [6, 6.07) is 18.8. The van der Waals surface area contributed by atoms with Crippen molar-refractivity contribution in [1.82, 2.24) is 5.32 Å². The summed E-state index contributed by atoms with van der Waals surface area (Å²) in [7, 11) is -2.03. The summed E-state index contributed by atoms with van der Waals surface area (Å²) >= 11 is 3.60. The van der Waals surface area contributed by atoms with Gasteiger partial charge in [0.1, 0.15) is 6.61 Å². The van der Waals surface area contributed by atoms with Crippen LogP contribution in [0, 0.1) is 6.92 Å². The van der Waals surface area contributed by atoms with E-state index >= 15 is 0 Å². The Kier molecular flexibility index (Phi) is 10.2. The molecule has 178 valence electrons. The van der Waals surface area contributed by atoms with Gasteiger partial charge in [0, 0.05) is 6.54 Å². The molecule has 6 nitrogen and oxygen atoms in total. The van der Waals surface area contributed by atoms with Crippen molar-refractivity contribution in [2.75, 3.05) is 13.7 Å². The Hall–Kier alpha value is -2.10. The van der Waals surface area contributed by atoms with Crippen molar-refractivity contribution in [1.29, 1.82) is 0 Å². The zero-order valence-electron chi connectivity index (χ0n) is 18.5. The lowest BCUT2D eigenvalue weighted by molar-refractivity contribution is 0.282. The summed E-state index contributed by atoms with van der Waals surface area (Å²) in [5.74, 6) is 1.34. The van der Waals surface area contributed by atoms with Crippen LogP contribution in [-0.2, 0) is 29.6 Å². The number of rotatable bonds is 10. The molecule has 3 aromatic carbocycles. The Morgan fingerprint density at radius 3 is 2.21 bits per heavy atom. The van der Waals surface area contributed by atoms with Gasteiger partial charge in [-0.2, -0.15) is 0 Å². The molecule has 0 aliphatic rings. The van der Waals surface area contributed by atoms with Crippen LogP contribution >= 0.6 is 28.3 Å². The molecule has 0 saturated heterocycles. The van der Waals surface area contributed by atoms with Crippen LogP contribution in [-0.4, -0.2) is 22.1 Å². The number of nitrogens with two attached hydrogens (primary N) is 1. The van der Waals surface area contributed by atoms with Gasteiger partial charge < -0.3 is 14.8 Å². The second kappa shape index (κ2) is 12.4. The summed E-state index contributed by atoms with van der Waals surface area (Å²) < 4.78 is 35.1. The first-order valence-electron chi connectivity index (χ1n) is 10.1. The molecule has 3 N–H and O–H groups in total. The number of aryl methyl sites for hydroxylation is 1. The van der Waals surface area contributed by atoms with Crippen molar-refractivity contribution in [3.63, 3.8) is 0 Å². The third-order valence-corrected chi connectivity index (χ3v) is 6.48. The minimum atomic E-state index is -3.66. The molecule has 0 heterocycles. The van der Waals surface area contributed by atoms with Crippen LogP contribution in [0.3, 0.4) is 0 Å². The molecule has 0 aromatic heterocycles. The summed E-state index contributed by atoms with van der Waals surface area (Å²) in [5.41, 5.74) is 4.39. The molecule has 0 radical (unpaired) electrons. The number of methoxy groups -OCH3 is 1. The lowest BCUT2D eigenvalue weighted by Gasteiger charge is -2.15. The van der Waals surface area contributed by atoms with Gasteiger partial charge in [0.15, 0.2) is 11.5 Å². The van der Waals surface area contributed by atoms with E-state index in [2.05, 4.69) is 52.4 Å². The van der Waals surface area contributed by atoms with E-state index in [1.54, 1.807) is 19.2 Å². The summed E-state index contributed by atoms with van der Waals surface area (Å²) in [5, 5.41) is 8.53. The molecule has 0 atom stereocenters. The van der Waals surface area contributed by atoms with E-state index in [0.29, 0.717) is 24.7 Å². The molecule has 3 aromatic rings. The van der Waals surface area contributed by atoms with Gasteiger partial charge in [-0.1, -0.05) is 42.0 Å². The highest BCUT2D eigenvalue weighted by Crippen LogP contribution is 2.37. The molecule has 0 aliphatic heterocycles. The Morgan fingerprint density at radius 1 is 0.970 bits per heavy atom. The van der Waals surface area contributed by atoms with E-state index in [1.807, 2.05) is 12.1 Å². The molecule has 0 amide bonds. The van der Waals surface area contributed by atoms with E-state index < -0.39 is 10.0 Å². The number of hydrogen-bond acceptors (Lipinski definition) is 5. The van der Waals surface area contributed by atoms with Crippen molar-refractivity contribution in [3.8, 4) is 11.5 Å². The Labute approximate surface area is 210 Å². The second-order valence-electron chi connectivity index (χ2n) is 7.50. The fraction of sp³-hybridized carbons (Fsp3) is 0.250. The molecule has 0 bridgehead atoms. The minimum Gasteiger partial charge on any atom is -0.493 e. The summed E-state index contributed by atoms with van der Waals surface area (Å²) in [6.07, 6.45) is 0.765. The highest BCUT2D eigenvalue weighted by atomic mass is 79.9. The molecular formula is C24H28BrClN2O4S. The van der Waals surface area contributed by atoms with Crippen LogP contribution in [0.1, 0.15) is 22.3 Å². The number of ether oxygens (including phenoxy) is 2. The maximum absolute atomic E-state index is 11.3. The van der Waals surface area contributed by atoms with Gasteiger partial charge in [-0.3, -0.25) is 0 Å². The van der Waals surface area contributed by atoms with Crippen LogP contribution in [0.25, 0.3) is 0 Å². The maximum atomic E-state index is 11.3. The lowest BCUT2D eigenvalue weighted by Crippen LogP contribution is -2.17. The summed E-state index contributed by atoms with van der Waals surface area (Å²) in [6.45, 7) is 3.90. The fourth-order valence-electron chi connectivity index (χ4n) is 3.17. The van der Waals surface area contributed by atoms with E-state index in [0.717, 1.165) is 34.1 Å². The molecule has 0 spiro atoms. The minimum absolute atomic E-state index is 0. The standard InChI is InChI=1S/C24H27BrN2O4S.ClH/c1-17-3-5-19(6-4-17)16-31-24-22(25)13-20(14-23(24)30-2)15-27-12-11-18-7-9-21(10-8-18)32(26,28)29;/h3-10,13-14,27H,11-12,15-16H2,1-2H3,(H2,26,28,29);1H. The van der Waals surface area contributed by atoms with E-state index in [-0.39, 0.29) is 17.3 Å². The topological polar surface area (TPSA) is 90.6 Å². The van der Waals surface area contributed by atoms with Crippen LogP contribution in [0.5, 0.6) is 11.5 Å². The zero-order valence-corrected chi connectivity index (χ0v) is 21.7. The number of sulfonamides is 1. The van der Waals surface area contributed by atoms with Gasteiger partial charge in [-0.25, -0.2) is 13.6 Å². The number of halogens is 2. The van der Waals surface area contributed by atoms with Gasteiger partial charge in [0.2, 0.25) is 10.0 Å². The molecule has 33 heavy (non-hydrogen) atoms. The first-order valence-corrected chi connectivity index (χ1v) is 12.5. The van der Waals surface area contributed by atoms with Crippen molar-refractivity contribution < 1.29 is 17.9 Å². The Balaban J connectivity index is 0.00000385. The SMILES string of the molecule is COc1cc(CNCCc2ccc(S(N)(=O)=O)cc2)cc(Br)c1OCc1ccc(C)cc1.Cl. The molecule has 0 fully saturated rings. The molecule has 3 rings (SSSR count). The van der Waals surface area contributed by atoms with E-state index in [1.165, 1.54) is 17.7 Å².